The first-order valence-electron chi connectivity index (χ1n) is 5.28. The Morgan fingerprint density at radius 1 is 1.57 bits per heavy atom. The second-order valence-electron chi connectivity index (χ2n) is 4.00. The third-order valence-corrected chi connectivity index (χ3v) is 2.61. The molecule has 2 heterocycles. The van der Waals surface area contributed by atoms with Crippen molar-refractivity contribution in [2.75, 3.05) is 13.1 Å². The molecule has 0 spiro atoms. The Balaban J connectivity index is 1.91. The molecule has 4 heteroatoms. The van der Waals surface area contributed by atoms with E-state index in [4.69, 9.17) is 5.73 Å². The van der Waals surface area contributed by atoms with Crippen LogP contribution in [0.25, 0.3) is 0 Å². The molecule has 0 unspecified atom stereocenters. The third-order valence-electron chi connectivity index (χ3n) is 2.61. The number of aryl methyl sites for hydroxylation is 1. The summed E-state index contributed by atoms with van der Waals surface area (Å²) in [5.41, 5.74) is 7.03. The summed E-state index contributed by atoms with van der Waals surface area (Å²) in [5, 5.41) is 4.30. The van der Waals surface area contributed by atoms with Gasteiger partial charge in [-0.2, -0.15) is 5.10 Å². The molecule has 1 saturated heterocycles. The molecule has 0 aromatic carbocycles. The van der Waals surface area contributed by atoms with Crippen molar-refractivity contribution in [3.8, 4) is 0 Å². The van der Waals surface area contributed by atoms with Crippen LogP contribution in [0.15, 0.2) is 12.3 Å². The summed E-state index contributed by atoms with van der Waals surface area (Å²) in [4.78, 5) is 2.36. The molecule has 2 rings (SSSR count). The summed E-state index contributed by atoms with van der Waals surface area (Å²) in [6.45, 7) is 6.23. The molecule has 1 aromatic heterocycles. The van der Waals surface area contributed by atoms with E-state index in [1.807, 2.05) is 6.20 Å². The average Bonchev–Trinajstić information content (AvgIpc) is 2.51. The van der Waals surface area contributed by atoms with Crippen molar-refractivity contribution in [3.63, 3.8) is 0 Å². The molecule has 1 aliphatic heterocycles. The summed E-state index contributed by atoms with van der Waals surface area (Å²) in [7, 11) is 0. The Morgan fingerprint density at radius 3 is 3.00 bits per heavy atom. The minimum Gasteiger partial charge on any atom is -0.325 e. The molecule has 0 saturated carbocycles. The molecular formula is C10H18N4. The van der Waals surface area contributed by atoms with Gasteiger partial charge < -0.3 is 5.73 Å². The van der Waals surface area contributed by atoms with Gasteiger partial charge in [0.25, 0.3) is 0 Å². The van der Waals surface area contributed by atoms with Crippen molar-refractivity contribution in [1.29, 1.82) is 0 Å². The van der Waals surface area contributed by atoms with Crippen LogP contribution in [0.2, 0.25) is 0 Å². The zero-order valence-electron chi connectivity index (χ0n) is 8.69. The molecular weight excluding hydrogens is 176 g/mol. The molecule has 0 amide bonds. The number of aromatic nitrogens is 2. The Bertz CT molecular complexity index is 288. The number of nitrogens with two attached hydrogens (primary N) is 1. The van der Waals surface area contributed by atoms with Gasteiger partial charge in [0.2, 0.25) is 0 Å². The van der Waals surface area contributed by atoms with E-state index in [0.717, 1.165) is 32.6 Å². The van der Waals surface area contributed by atoms with Crippen LogP contribution < -0.4 is 5.73 Å². The first-order valence-corrected chi connectivity index (χ1v) is 5.28. The van der Waals surface area contributed by atoms with Crippen molar-refractivity contribution in [2.24, 2.45) is 5.73 Å². The van der Waals surface area contributed by atoms with Crippen molar-refractivity contribution < 1.29 is 0 Å². The quantitative estimate of drug-likeness (QED) is 0.756. The number of rotatable bonds is 4. The maximum atomic E-state index is 5.73. The van der Waals surface area contributed by atoms with Crippen molar-refractivity contribution in [3.05, 3.63) is 18.0 Å². The van der Waals surface area contributed by atoms with E-state index in [-0.39, 0.29) is 0 Å². The summed E-state index contributed by atoms with van der Waals surface area (Å²) in [6, 6.07) is 2.48. The van der Waals surface area contributed by atoms with Crippen LogP contribution in [0.5, 0.6) is 0 Å². The van der Waals surface area contributed by atoms with Crippen LogP contribution in [0.3, 0.4) is 0 Å². The Morgan fingerprint density at radius 2 is 2.36 bits per heavy atom. The standard InChI is InChI=1S/C10H18N4/c1-2-5-14-10(3-4-12-14)8-13-6-9(11)7-13/h3-4,9H,2,5-8,11H2,1H3. The molecule has 0 aliphatic carbocycles. The lowest BCUT2D eigenvalue weighted by Crippen LogP contribution is -2.55. The van der Waals surface area contributed by atoms with Gasteiger partial charge in [-0.05, 0) is 12.5 Å². The van der Waals surface area contributed by atoms with Gasteiger partial charge in [0, 0.05) is 38.4 Å². The van der Waals surface area contributed by atoms with E-state index in [1.165, 1.54) is 5.69 Å². The highest BCUT2D eigenvalue weighted by Gasteiger charge is 2.23. The summed E-state index contributed by atoms with van der Waals surface area (Å²) in [5.74, 6) is 0. The zero-order valence-corrected chi connectivity index (χ0v) is 8.69. The average molecular weight is 194 g/mol. The number of nitrogens with zero attached hydrogens (tertiary/aromatic N) is 3. The van der Waals surface area contributed by atoms with E-state index < -0.39 is 0 Å². The highest BCUT2D eigenvalue weighted by atomic mass is 15.3. The van der Waals surface area contributed by atoms with Gasteiger partial charge in [-0.1, -0.05) is 6.92 Å². The lowest BCUT2D eigenvalue weighted by molar-refractivity contribution is 0.138. The monoisotopic (exact) mass is 194 g/mol. The Hall–Kier alpha value is -0.870. The SMILES string of the molecule is CCCn1nccc1CN1CC(N)C1. The van der Waals surface area contributed by atoms with Crippen LogP contribution in [-0.4, -0.2) is 33.8 Å². The fourth-order valence-electron chi connectivity index (χ4n) is 1.88. The minimum atomic E-state index is 0.387. The maximum Gasteiger partial charge on any atom is 0.0524 e. The first-order chi connectivity index (χ1) is 6.79. The molecule has 78 valence electrons. The van der Waals surface area contributed by atoms with E-state index in [1.54, 1.807) is 0 Å². The van der Waals surface area contributed by atoms with Gasteiger partial charge in [0.15, 0.2) is 0 Å². The van der Waals surface area contributed by atoms with Crippen LogP contribution in [0.1, 0.15) is 19.0 Å². The van der Waals surface area contributed by atoms with E-state index in [2.05, 4.69) is 27.7 Å². The van der Waals surface area contributed by atoms with E-state index in [0.29, 0.717) is 6.04 Å². The Labute approximate surface area is 84.7 Å². The minimum absolute atomic E-state index is 0.387. The second kappa shape index (κ2) is 4.11. The highest BCUT2D eigenvalue weighted by Crippen LogP contribution is 2.11. The van der Waals surface area contributed by atoms with Gasteiger partial charge in [-0.25, -0.2) is 0 Å². The largest absolute Gasteiger partial charge is 0.325 e. The fourth-order valence-corrected chi connectivity index (χ4v) is 1.88. The van der Waals surface area contributed by atoms with Crippen LogP contribution in [0, 0.1) is 0 Å². The van der Waals surface area contributed by atoms with Gasteiger partial charge in [0.1, 0.15) is 0 Å². The van der Waals surface area contributed by atoms with E-state index in [9.17, 15) is 0 Å². The van der Waals surface area contributed by atoms with Crippen molar-refractivity contribution in [1.82, 2.24) is 14.7 Å². The molecule has 1 aromatic rings. The molecule has 2 N–H and O–H groups in total. The number of hydrogen-bond donors (Lipinski definition) is 1. The van der Waals surface area contributed by atoms with Gasteiger partial charge in [-0.15, -0.1) is 0 Å². The fraction of sp³-hybridized carbons (Fsp3) is 0.700. The lowest BCUT2D eigenvalue weighted by atomic mass is 10.1. The zero-order chi connectivity index (χ0) is 9.97. The van der Waals surface area contributed by atoms with E-state index >= 15 is 0 Å². The molecule has 1 fully saturated rings. The molecule has 14 heavy (non-hydrogen) atoms. The predicted molar refractivity (Wildman–Crippen MR) is 55.8 cm³/mol. The van der Waals surface area contributed by atoms with Crippen LogP contribution >= 0.6 is 0 Å². The lowest BCUT2D eigenvalue weighted by Gasteiger charge is -2.36. The van der Waals surface area contributed by atoms with Crippen LogP contribution in [-0.2, 0) is 13.1 Å². The third kappa shape index (κ3) is 1.96. The van der Waals surface area contributed by atoms with Crippen LogP contribution in [0.4, 0.5) is 0 Å². The number of likely N-dealkylation sites (tertiary alicyclic amines) is 1. The Kier molecular flexibility index (Phi) is 2.84. The summed E-state index contributed by atoms with van der Waals surface area (Å²) >= 11 is 0. The van der Waals surface area contributed by atoms with Gasteiger partial charge in [0.05, 0.1) is 5.69 Å². The summed E-state index contributed by atoms with van der Waals surface area (Å²) < 4.78 is 2.09. The molecule has 0 radical (unpaired) electrons. The van der Waals surface area contributed by atoms with Gasteiger partial charge >= 0.3 is 0 Å². The molecule has 0 bridgehead atoms. The normalized spacial score (nSPS) is 18.4. The molecule has 0 atom stereocenters. The topological polar surface area (TPSA) is 47.1 Å². The number of hydrogen-bond acceptors (Lipinski definition) is 3. The van der Waals surface area contributed by atoms with Crippen molar-refractivity contribution >= 4 is 0 Å². The molecule has 4 nitrogen and oxygen atoms in total. The summed E-state index contributed by atoms with van der Waals surface area (Å²) in [6.07, 6.45) is 3.01. The smallest absolute Gasteiger partial charge is 0.0524 e. The van der Waals surface area contributed by atoms with Crippen molar-refractivity contribution in [2.45, 2.75) is 32.5 Å². The predicted octanol–water partition coefficient (Wildman–Crippen LogP) is 0.436. The first kappa shape index (κ1) is 9.68. The molecule has 1 aliphatic rings. The maximum absolute atomic E-state index is 5.73. The highest BCUT2D eigenvalue weighted by molar-refractivity contribution is 5.02. The van der Waals surface area contributed by atoms with Gasteiger partial charge in [-0.3, -0.25) is 9.58 Å². The second-order valence-corrected chi connectivity index (χ2v) is 4.00.